The number of halogens is 3. The fraction of sp³-hybridized carbons (Fsp3) is 0.174. The summed E-state index contributed by atoms with van der Waals surface area (Å²) in [6, 6.07) is 18.2. The summed E-state index contributed by atoms with van der Waals surface area (Å²) in [6.07, 6.45) is -4.46. The van der Waals surface area contributed by atoms with Gasteiger partial charge in [-0.15, -0.1) is 0 Å². The van der Waals surface area contributed by atoms with Gasteiger partial charge in [0.05, 0.1) is 10.5 Å². The highest BCUT2D eigenvalue weighted by Gasteiger charge is 2.30. The number of anilines is 1. The average Bonchev–Trinajstić information content (AvgIpc) is 2.78. The van der Waals surface area contributed by atoms with E-state index in [4.69, 9.17) is 4.74 Å². The summed E-state index contributed by atoms with van der Waals surface area (Å²) in [6.45, 7) is 1.33. The van der Waals surface area contributed by atoms with Gasteiger partial charge in [0.15, 0.2) is 6.61 Å². The lowest BCUT2D eigenvalue weighted by atomic mass is 10.1. The third-order valence-corrected chi connectivity index (χ3v) is 6.19. The van der Waals surface area contributed by atoms with E-state index in [-0.39, 0.29) is 16.3 Å². The zero-order valence-electron chi connectivity index (χ0n) is 17.5. The van der Waals surface area contributed by atoms with Gasteiger partial charge in [-0.25, -0.2) is 13.1 Å². The summed E-state index contributed by atoms with van der Waals surface area (Å²) < 4.78 is 70.9. The Morgan fingerprint density at radius 3 is 2.12 bits per heavy atom. The van der Waals surface area contributed by atoms with Crippen molar-refractivity contribution in [3.8, 4) is 5.75 Å². The summed E-state index contributed by atoms with van der Waals surface area (Å²) in [4.78, 5) is 12.0. The molecule has 6 nitrogen and oxygen atoms in total. The highest BCUT2D eigenvalue weighted by molar-refractivity contribution is 7.89. The number of rotatable bonds is 8. The van der Waals surface area contributed by atoms with Crippen LogP contribution in [-0.4, -0.2) is 20.9 Å². The van der Waals surface area contributed by atoms with Gasteiger partial charge in [0.1, 0.15) is 5.75 Å². The van der Waals surface area contributed by atoms with E-state index >= 15 is 0 Å². The minimum atomic E-state index is -4.46. The molecule has 0 aromatic heterocycles. The van der Waals surface area contributed by atoms with Crippen LogP contribution in [0.15, 0.2) is 83.8 Å². The largest absolute Gasteiger partial charge is 0.484 e. The average molecular weight is 478 g/mol. The van der Waals surface area contributed by atoms with Crippen molar-refractivity contribution >= 4 is 21.6 Å². The van der Waals surface area contributed by atoms with Gasteiger partial charge in [-0.05, 0) is 61.0 Å². The number of amides is 1. The number of hydrogen-bond donors (Lipinski definition) is 2. The molecule has 3 aromatic rings. The van der Waals surface area contributed by atoms with Gasteiger partial charge in [-0.1, -0.05) is 30.3 Å². The molecule has 1 amide bonds. The Kier molecular flexibility index (Phi) is 7.39. The predicted molar refractivity (Wildman–Crippen MR) is 117 cm³/mol. The van der Waals surface area contributed by atoms with Crippen LogP contribution < -0.4 is 14.8 Å². The number of sulfonamides is 1. The van der Waals surface area contributed by atoms with Gasteiger partial charge in [0, 0.05) is 11.7 Å². The molecule has 0 bridgehead atoms. The maximum absolute atomic E-state index is 12.6. The normalized spacial score (nSPS) is 12.7. The van der Waals surface area contributed by atoms with Crippen LogP contribution in [0.5, 0.6) is 5.75 Å². The Hall–Kier alpha value is -3.37. The first-order valence-electron chi connectivity index (χ1n) is 9.82. The first kappa shape index (κ1) is 24.3. The quantitative estimate of drug-likeness (QED) is 0.489. The Bertz CT molecular complexity index is 1180. The van der Waals surface area contributed by atoms with Gasteiger partial charge in [-0.2, -0.15) is 13.2 Å². The fourth-order valence-corrected chi connectivity index (χ4v) is 4.15. The van der Waals surface area contributed by atoms with Crippen LogP contribution >= 0.6 is 0 Å². The molecule has 0 aliphatic heterocycles. The highest BCUT2D eigenvalue weighted by Crippen LogP contribution is 2.29. The Balaban J connectivity index is 1.54. The number of carbonyl (C=O) groups excluding carboxylic acids is 1. The molecule has 0 radical (unpaired) electrons. The minimum absolute atomic E-state index is 0.0341. The maximum atomic E-state index is 12.6. The Morgan fingerprint density at radius 1 is 0.939 bits per heavy atom. The zero-order chi connectivity index (χ0) is 24.1. The lowest BCUT2D eigenvalue weighted by Crippen LogP contribution is -2.26. The maximum Gasteiger partial charge on any atom is 0.416 e. The van der Waals surface area contributed by atoms with E-state index in [9.17, 15) is 26.4 Å². The Labute approximate surface area is 189 Å². The van der Waals surface area contributed by atoms with Crippen molar-refractivity contribution in [2.75, 3.05) is 11.9 Å². The van der Waals surface area contributed by atoms with Crippen LogP contribution in [0.4, 0.5) is 18.9 Å². The molecule has 174 valence electrons. The number of hydrogen-bond acceptors (Lipinski definition) is 4. The minimum Gasteiger partial charge on any atom is -0.484 e. The lowest BCUT2D eigenvalue weighted by molar-refractivity contribution is -0.137. The first-order chi connectivity index (χ1) is 15.5. The van der Waals surface area contributed by atoms with Crippen LogP contribution in [0.2, 0.25) is 0 Å². The number of alkyl halides is 3. The van der Waals surface area contributed by atoms with E-state index in [1.165, 1.54) is 24.3 Å². The van der Waals surface area contributed by atoms with Crippen LogP contribution in [0, 0.1) is 0 Å². The Morgan fingerprint density at radius 2 is 1.55 bits per heavy atom. The predicted octanol–water partition coefficient (Wildman–Crippen LogP) is 4.76. The van der Waals surface area contributed by atoms with Crippen LogP contribution in [-0.2, 0) is 21.0 Å². The van der Waals surface area contributed by atoms with Gasteiger partial charge in [0.25, 0.3) is 5.91 Å². The molecule has 0 fully saturated rings. The molecule has 3 aromatic carbocycles. The molecule has 0 unspecified atom stereocenters. The van der Waals surface area contributed by atoms with E-state index in [2.05, 4.69) is 10.0 Å². The van der Waals surface area contributed by atoms with Gasteiger partial charge in [0.2, 0.25) is 10.0 Å². The molecular weight excluding hydrogens is 457 g/mol. The molecule has 0 spiro atoms. The summed E-state index contributed by atoms with van der Waals surface area (Å²) in [5.74, 6) is -0.322. The van der Waals surface area contributed by atoms with Gasteiger partial charge < -0.3 is 10.1 Å². The highest BCUT2D eigenvalue weighted by atomic mass is 32.2. The molecule has 33 heavy (non-hydrogen) atoms. The summed E-state index contributed by atoms with van der Waals surface area (Å²) in [5, 5.41) is 2.43. The van der Waals surface area contributed by atoms with Crippen molar-refractivity contribution in [3.05, 3.63) is 90.0 Å². The molecule has 0 saturated carbocycles. The molecule has 2 N–H and O–H groups in total. The fourth-order valence-electron chi connectivity index (χ4n) is 2.91. The first-order valence-corrected chi connectivity index (χ1v) is 11.3. The third kappa shape index (κ3) is 6.80. The summed E-state index contributed by atoms with van der Waals surface area (Å²) >= 11 is 0. The van der Waals surface area contributed by atoms with E-state index in [1.54, 1.807) is 6.92 Å². The number of nitrogens with one attached hydrogen (secondary N) is 2. The molecule has 10 heteroatoms. The number of carbonyl (C=O) groups is 1. The number of benzene rings is 3. The van der Waals surface area contributed by atoms with Crippen LogP contribution in [0.25, 0.3) is 0 Å². The van der Waals surface area contributed by atoms with Crippen molar-refractivity contribution in [2.45, 2.75) is 24.0 Å². The second-order valence-corrected chi connectivity index (χ2v) is 8.85. The third-order valence-electron chi connectivity index (χ3n) is 4.63. The SMILES string of the molecule is C[C@@H](NS(=O)(=O)c1ccc(OCC(=O)Nc2ccc(C(F)(F)F)cc2)cc1)c1ccccc1. The van der Waals surface area contributed by atoms with Crippen molar-refractivity contribution in [1.29, 1.82) is 0 Å². The van der Waals surface area contributed by atoms with Crippen molar-refractivity contribution in [3.63, 3.8) is 0 Å². The van der Waals surface area contributed by atoms with Crippen LogP contribution in [0.1, 0.15) is 24.1 Å². The van der Waals surface area contributed by atoms with Crippen molar-refractivity contribution in [2.24, 2.45) is 0 Å². The molecule has 0 aliphatic rings. The van der Waals surface area contributed by atoms with E-state index in [0.717, 1.165) is 29.8 Å². The van der Waals surface area contributed by atoms with E-state index in [0.29, 0.717) is 0 Å². The molecule has 0 saturated heterocycles. The van der Waals surface area contributed by atoms with E-state index < -0.39 is 40.3 Å². The lowest BCUT2D eigenvalue weighted by Gasteiger charge is -2.15. The molecular formula is C23H21F3N2O4S. The number of ether oxygens (including phenoxy) is 1. The van der Waals surface area contributed by atoms with Crippen LogP contribution in [0.3, 0.4) is 0 Å². The second kappa shape index (κ2) is 10.1. The zero-order valence-corrected chi connectivity index (χ0v) is 18.3. The molecule has 1 atom stereocenters. The molecule has 0 heterocycles. The smallest absolute Gasteiger partial charge is 0.416 e. The standard InChI is InChI=1S/C23H21F3N2O4S/c1-16(17-5-3-2-4-6-17)28-33(30,31)21-13-11-20(12-14-21)32-15-22(29)27-19-9-7-18(8-10-19)23(24,25)26/h2-14,16,28H,15H2,1H3,(H,27,29)/t16-/m1/s1. The second-order valence-electron chi connectivity index (χ2n) is 7.14. The summed E-state index contributed by atoms with van der Waals surface area (Å²) in [7, 11) is -3.78. The van der Waals surface area contributed by atoms with Crippen molar-refractivity contribution in [1.82, 2.24) is 4.72 Å². The summed E-state index contributed by atoms with van der Waals surface area (Å²) in [5.41, 5.74) is 0.191. The van der Waals surface area contributed by atoms with Crippen molar-refractivity contribution < 1.29 is 31.1 Å². The molecule has 3 rings (SSSR count). The van der Waals surface area contributed by atoms with E-state index in [1.807, 2.05) is 30.3 Å². The topological polar surface area (TPSA) is 84.5 Å². The van der Waals surface area contributed by atoms with Gasteiger partial charge >= 0.3 is 6.18 Å². The molecule has 0 aliphatic carbocycles. The monoisotopic (exact) mass is 478 g/mol. The van der Waals surface area contributed by atoms with Gasteiger partial charge in [-0.3, -0.25) is 4.79 Å².